The Morgan fingerprint density at radius 2 is 1.85 bits per heavy atom. The lowest BCUT2D eigenvalue weighted by Crippen LogP contribution is -2.17. The van der Waals surface area contributed by atoms with Crippen LogP contribution < -0.4 is 4.87 Å². The molecule has 0 saturated heterocycles. The molecule has 0 radical (unpaired) electrons. The van der Waals surface area contributed by atoms with E-state index in [0.717, 1.165) is 15.8 Å². The van der Waals surface area contributed by atoms with Gasteiger partial charge in [0, 0.05) is 5.02 Å². The molecule has 3 aromatic rings. The van der Waals surface area contributed by atoms with Crippen LogP contribution in [0.25, 0.3) is 10.2 Å². The molecule has 2 aromatic carbocycles. The lowest BCUT2D eigenvalue weighted by Gasteiger charge is -2.12. The van der Waals surface area contributed by atoms with Gasteiger partial charge in [-0.1, -0.05) is 47.2 Å². The van der Waals surface area contributed by atoms with E-state index in [0.29, 0.717) is 5.02 Å². The Hall–Kier alpha value is -1.62. The van der Waals surface area contributed by atoms with Crippen LogP contribution in [0.3, 0.4) is 0 Å². The van der Waals surface area contributed by atoms with Gasteiger partial charge in [0.1, 0.15) is 0 Å². The predicted octanol–water partition coefficient (Wildman–Crippen LogP) is 3.45. The van der Waals surface area contributed by atoms with Gasteiger partial charge in [0.05, 0.1) is 22.9 Å². The van der Waals surface area contributed by atoms with Crippen LogP contribution in [-0.2, 0) is 6.54 Å². The Bertz CT molecular complexity index is 791. The van der Waals surface area contributed by atoms with Crippen LogP contribution in [0, 0.1) is 0 Å². The average Bonchev–Trinajstić information content (AvgIpc) is 2.76. The van der Waals surface area contributed by atoms with Crippen molar-refractivity contribution in [2.24, 2.45) is 0 Å². The van der Waals surface area contributed by atoms with Gasteiger partial charge >= 0.3 is 4.87 Å². The van der Waals surface area contributed by atoms with E-state index in [-0.39, 0.29) is 11.4 Å². The van der Waals surface area contributed by atoms with Gasteiger partial charge in [0.15, 0.2) is 0 Å². The van der Waals surface area contributed by atoms with Crippen molar-refractivity contribution in [3.05, 3.63) is 68.8 Å². The van der Waals surface area contributed by atoms with E-state index in [1.165, 1.54) is 11.3 Å². The Morgan fingerprint density at radius 1 is 1.15 bits per heavy atom. The van der Waals surface area contributed by atoms with Crippen LogP contribution in [0.1, 0.15) is 11.7 Å². The molecule has 0 fully saturated rings. The minimum atomic E-state index is -0.733. The SMILES string of the molecule is O=c1sc2ccccc2n1CC(O)c1ccc(Cl)cc1. The molecule has 0 aliphatic heterocycles. The zero-order valence-corrected chi connectivity index (χ0v) is 12.1. The first-order chi connectivity index (χ1) is 9.65. The molecular weight excluding hydrogens is 294 g/mol. The van der Waals surface area contributed by atoms with Crippen molar-refractivity contribution in [1.29, 1.82) is 0 Å². The number of rotatable bonds is 3. The van der Waals surface area contributed by atoms with Crippen molar-refractivity contribution >= 4 is 33.2 Å². The summed E-state index contributed by atoms with van der Waals surface area (Å²) in [6, 6.07) is 14.6. The summed E-state index contributed by atoms with van der Waals surface area (Å²) in [7, 11) is 0. The summed E-state index contributed by atoms with van der Waals surface area (Å²) in [5.41, 5.74) is 1.60. The zero-order valence-electron chi connectivity index (χ0n) is 10.5. The van der Waals surface area contributed by atoms with Crippen molar-refractivity contribution in [2.45, 2.75) is 12.6 Å². The third-order valence-corrected chi connectivity index (χ3v) is 4.40. The molecule has 0 aliphatic rings. The van der Waals surface area contributed by atoms with Gasteiger partial charge in [-0.2, -0.15) is 0 Å². The molecule has 1 heterocycles. The van der Waals surface area contributed by atoms with E-state index in [2.05, 4.69) is 0 Å². The summed E-state index contributed by atoms with van der Waals surface area (Å²) >= 11 is 7.02. The highest BCUT2D eigenvalue weighted by Crippen LogP contribution is 2.21. The summed E-state index contributed by atoms with van der Waals surface area (Å²) in [4.78, 5) is 12.0. The number of nitrogens with zero attached hydrogens (tertiary/aromatic N) is 1. The molecule has 1 aromatic heterocycles. The van der Waals surface area contributed by atoms with Gasteiger partial charge in [-0.25, -0.2) is 0 Å². The van der Waals surface area contributed by atoms with Crippen LogP contribution in [0.4, 0.5) is 0 Å². The number of halogens is 1. The highest BCUT2D eigenvalue weighted by molar-refractivity contribution is 7.16. The molecule has 0 bridgehead atoms. The number of para-hydroxylation sites is 1. The molecule has 0 aliphatic carbocycles. The molecule has 1 atom stereocenters. The van der Waals surface area contributed by atoms with Gasteiger partial charge in [0.25, 0.3) is 0 Å². The van der Waals surface area contributed by atoms with Crippen molar-refractivity contribution < 1.29 is 5.11 Å². The smallest absolute Gasteiger partial charge is 0.308 e. The van der Waals surface area contributed by atoms with E-state index in [9.17, 15) is 9.90 Å². The van der Waals surface area contributed by atoms with Crippen molar-refractivity contribution in [3.8, 4) is 0 Å². The molecule has 3 rings (SSSR count). The maximum Gasteiger partial charge on any atom is 0.308 e. The summed E-state index contributed by atoms with van der Waals surface area (Å²) < 4.78 is 2.54. The van der Waals surface area contributed by atoms with Crippen molar-refractivity contribution in [1.82, 2.24) is 4.57 Å². The second-order valence-corrected chi connectivity index (χ2v) is 5.94. The Morgan fingerprint density at radius 3 is 2.60 bits per heavy atom. The van der Waals surface area contributed by atoms with Gasteiger partial charge in [0.2, 0.25) is 0 Å². The quantitative estimate of drug-likeness (QED) is 0.805. The molecule has 0 spiro atoms. The monoisotopic (exact) mass is 305 g/mol. The minimum absolute atomic E-state index is 0.0563. The normalized spacial score (nSPS) is 12.7. The maximum atomic E-state index is 12.0. The van der Waals surface area contributed by atoms with Gasteiger partial charge < -0.3 is 5.11 Å². The maximum absolute atomic E-state index is 12.0. The Balaban J connectivity index is 1.95. The second kappa shape index (κ2) is 5.40. The van der Waals surface area contributed by atoms with E-state index in [1.54, 1.807) is 28.8 Å². The van der Waals surface area contributed by atoms with Gasteiger partial charge in [-0.05, 0) is 29.8 Å². The second-order valence-electron chi connectivity index (χ2n) is 4.51. The van der Waals surface area contributed by atoms with Crippen LogP contribution in [0.5, 0.6) is 0 Å². The van der Waals surface area contributed by atoms with Gasteiger partial charge in [-0.3, -0.25) is 9.36 Å². The molecule has 0 amide bonds. The number of aromatic nitrogens is 1. The highest BCUT2D eigenvalue weighted by atomic mass is 35.5. The van der Waals surface area contributed by atoms with Crippen LogP contribution in [-0.4, -0.2) is 9.67 Å². The van der Waals surface area contributed by atoms with E-state index in [4.69, 9.17) is 11.6 Å². The lowest BCUT2D eigenvalue weighted by molar-refractivity contribution is 0.157. The summed E-state index contributed by atoms with van der Waals surface area (Å²) in [5, 5.41) is 10.9. The number of hydrogen-bond donors (Lipinski definition) is 1. The first-order valence-corrected chi connectivity index (χ1v) is 7.36. The Labute approximate surface area is 124 Å². The third kappa shape index (κ3) is 2.50. The fourth-order valence-corrected chi connectivity index (χ4v) is 3.18. The first-order valence-electron chi connectivity index (χ1n) is 6.17. The van der Waals surface area contributed by atoms with E-state index >= 15 is 0 Å². The standard InChI is InChI=1S/C15H12ClNO2S/c16-11-7-5-10(6-8-11)13(18)9-17-12-3-1-2-4-14(12)20-15(17)19/h1-8,13,18H,9H2. The topological polar surface area (TPSA) is 42.2 Å². The zero-order chi connectivity index (χ0) is 14.1. The molecule has 5 heteroatoms. The number of fused-ring (bicyclic) bond motifs is 1. The first kappa shape index (κ1) is 13.4. The Kier molecular flexibility index (Phi) is 3.61. The number of aliphatic hydroxyl groups excluding tert-OH is 1. The molecule has 0 saturated carbocycles. The number of benzene rings is 2. The number of hydrogen-bond acceptors (Lipinski definition) is 3. The van der Waals surface area contributed by atoms with Gasteiger partial charge in [-0.15, -0.1) is 0 Å². The molecule has 3 nitrogen and oxygen atoms in total. The third-order valence-electron chi connectivity index (χ3n) is 3.18. The van der Waals surface area contributed by atoms with E-state index < -0.39 is 6.10 Å². The average molecular weight is 306 g/mol. The molecule has 1 N–H and O–H groups in total. The van der Waals surface area contributed by atoms with Crippen molar-refractivity contribution in [3.63, 3.8) is 0 Å². The summed E-state index contributed by atoms with van der Waals surface area (Å²) in [5.74, 6) is 0. The van der Waals surface area contributed by atoms with Crippen molar-refractivity contribution in [2.75, 3.05) is 0 Å². The predicted molar refractivity (Wildman–Crippen MR) is 82.5 cm³/mol. The van der Waals surface area contributed by atoms with E-state index in [1.807, 2.05) is 24.3 Å². The van der Waals surface area contributed by atoms with Crippen LogP contribution in [0.15, 0.2) is 53.3 Å². The fourth-order valence-electron chi connectivity index (χ4n) is 2.15. The lowest BCUT2D eigenvalue weighted by atomic mass is 10.1. The molecule has 20 heavy (non-hydrogen) atoms. The summed E-state index contributed by atoms with van der Waals surface area (Å²) in [6.07, 6.45) is -0.733. The van der Waals surface area contributed by atoms with Crippen LogP contribution in [0.2, 0.25) is 5.02 Å². The molecule has 1 unspecified atom stereocenters. The largest absolute Gasteiger partial charge is 0.387 e. The highest BCUT2D eigenvalue weighted by Gasteiger charge is 2.13. The molecular formula is C15H12ClNO2S. The minimum Gasteiger partial charge on any atom is -0.387 e. The summed E-state index contributed by atoms with van der Waals surface area (Å²) in [6.45, 7) is 0.241. The molecule has 102 valence electrons. The fraction of sp³-hybridized carbons (Fsp3) is 0.133. The van der Waals surface area contributed by atoms with Crippen LogP contribution >= 0.6 is 22.9 Å². The number of thiazole rings is 1. The number of aliphatic hydroxyl groups is 1.